The maximum Gasteiger partial charge on any atom is 0.150 e. The lowest BCUT2D eigenvalue weighted by Gasteiger charge is -2.09. The highest BCUT2D eigenvalue weighted by atomic mass is 15.2. The van der Waals surface area contributed by atoms with Crippen molar-refractivity contribution in [1.29, 1.82) is 0 Å². The number of anilines is 1. The lowest BCUT2D eigenvalue weighted by molar-refractivity contribution is 0.670. The van der Waals surface area contributed by atoms with Crippen LogP contribution in [0.15, 0.2) is 0 Å². The first-order chi connectivity index (χ1) is 6.27. The minimum absolute atomic E-state index is 0.501. The fourth-order valence-corrected chi connectivity index (χ4v) is 1.92. The Morgan fingerprint density at radius 1 is 1.23 bits per heavy atom. The van der Waals surface area contributed by atoms with Gasteiger partial charge >= 0.3 is 0 Å². The van der Waals surface area contributed by atoms with Crippen molar-refractivity contribution in [2.45, 2.75) is 38.5 Å². The van der Waals surface area contributed by atoms with Crippen molar-refractivity contribution in [3.63, 3.8) is 0 Å². The zero-order chi connectivity index (χ0) is 9.26. The normalized spacial score (nSPS) is 17.9. The Labute approximate surface area is 77.6 Å². The van der Waals surface area contributed by atoms with E-state index < -0.39 is 0 Å². The second kappa shape index (κ2) is 3.28. The van der Waals surface area contributed by atoms with Crippen LogP contribution in [0, 0.1) is 6.92 Å². The Balaban J connectivity index is 2.29. The Kier molecular flexibility index (Phi) is 2.12. The maximum atomic E-state index is 5.79. The predicted octanol–water partition coefficient (Wildman–Crippen LogP) is 1.42. The molecule has 0 saturated heterocycles. The van der Waals surface area contributed by atoms with Crippen molar-refractivity contribution in [3.05, 3.63) is 11.5 Å². The zero-order valence-corrected chi connectivity index (χ0v) is 7.82. The Morgan fingerprint density at radius 3 is 2.54 bits per heavy atom. The summed E-state index contributed by atoms with van der Waals surface area (Å²) >= 11 is 0. The van der Waals surface area contributed by atoms with E-state index in [1.807, 2.05) is 6.92 Å². The highest BCUT2D eigenvalue weighted by Gasteiger charge is 2.21. The number of aromatic nitrogens is 3. The number of aryl methyl sites for hydroxylation is 1. The van der Waals surface area contributed by atoms with Crippen LogP contribution in [0.25, 0.3) is 0 Å². The van der Waals surface area contributed by atoms with E-state index in [0.717, 1.165) is 5.69 Å². The fourth-order valence-electron chi connectivity index (χ4n) is 1.92. The number of rotatable bonds is 1. The average Bonchev–Trinajstić information content (AvgIpc) is 2.56. The molecule has 1 heterocycles. The SMILES string of the molecule is Cc1nnc(C2CCCC2)c(N)n1. The van der Waals surface area contributed by atoms with Gasteiger partial charge in [0.2, 0.25) is 0 Å². The number of nitrogens with zero attached hydrogens (tertiary/aromatic N) is 3. The summed E-state index contributed by atoms with van der Waals surface area (Å²) in [6.07, 6.45) is 4.92. The third-order valence-electron chi connectivity index (χ3n) is 2.59. The summed E-state index contributed by atoms with van der Waals surface area (Å²) in [7, 11) is 0. The van der Waals surface area contributed by atoms with Gasteiger partial charge in [0.1, 0.15) is 17.3 Å². The molecule has 0 unspecified atom stereocenters. The summed E-state index contributed by atoms with van der Waals surface area (Å²) in [6.45, 7) is 1.81. The summed E-state index contributed by atoms with van der Waals surface area (Å²) in [5.74, 6) is 1.72. The standard InChI is InChI=1S/C9H14N4/c1-6-11-9(10)8(13-12-6)7-4-2-3-5-7/h7H,2-5H2,1H3,(H2,10,11,12). The van der Waals surface area contributed by atoms with Crippen LogP contribution >= 0.6 is 0 Å². The smallest absolute Gasteiger partial charge is 0.150 e. The lowest BCUT2D eigenvalue weighted by Crippen LogP contribution is -2.08. The van der Waals surface area contributed by atoms with Crippen molar-refractivity contribution in [2.24, 2.45) is 0 Å². The molecule has 0 spiro atoms. The van der Waals surface area contributed by atoms with Gasteiger partial charge in [0.15, 0.2) is 0 Å². The molecule has 0 aliphatic heterocycles. The fraction of sp³-hybridized carbons (Fsp3) is 0.667. The van der Waals surface area contributed by atoms with E-state index in [4.69, 9.17) is 5.73 Å². The minimum atomic E-state index is 0.501. The summed E-state index contributed by atoms with van der Waals surface area (Å²) in [5, 5.41) is 8.07. The highest BCUT2D eigenvalue weighted by Crippen LogP contribution is 2.34. The van der Waals surface area contributed by atoms with Crippen LogP contribution in [0.1, 0.15) is 43.1 Å². The van der Waals surface area contributed by atoms with Gasteiger partial charge in [0.05, 0.1) is 0 Å². The molecule has 1 aromatic heterocycles. The van der Waals surface area contributed by atoms with Gasteiger partial charge in [-0.05, 0) is 19.8 Å². The zero-order valence-electron chi connectivity index (χ0n) is 7.82. The molecule has 2 rings (SSSR count). The van der Waals surface area contributed by atoms with E-state index in [1.54, 1.807) is 0 Å². The first kappa shape index (κ1) is 8.41. The molecule has 1 saturated carbocycles. The van der Waals surface area contributed by atoms with Gasteiger partial charge in [-0.1, -0.05) is 12.8 Å². The molecule has 0 amide bonds. The van der Waals surface area contributed by atoms with Crippen molar-refractivity contribution in [2.75, 3.05) is 5.73 Å². The third-order valence-corrected chi connectivity index (χ3v) is 2.59. The Morgan fingerprint density at radius 2 is 1.92 bits per heavy atom. The maximum absolute atomic E-state index is 5.79. The van der Waals surface area contributed by atoms with Crippen LogP contribution in [-0.2, 0) is 0 Å². The van der Waals surface area contributed by atoms with Gasteiger partial charge < -0.3 is 5.73 Å². The molecule has 0 bridgehead atoms. The van der Waals surface area contributed by atoms with Gasteiger partial charge in [-0.25, -0.2) is 4.98 Å². The molecule has 0 aromatic carbocycles. The van der Waals surface area contributed by atoms with Crippen molar-refractivity contribution in [1.82, 2.24) is 15.2 Å². The lowest BCUT2D eigenvalue weighted by atomic mass is 10.0. The molecular formula is C9H14N4. The van der Waals surface area contributed by atoms with Crippen LogP contribution in [-0.4, -0.2) is 15.2 Å². The van der Waals surface area contributed by atoms with Crippen molar-refractivity contribution >= 4 is 5.82 Å². The van der Waals surface area contributed by atoms with Gasteiger partial charge in [-0.3, -0.25) is 0 Å². The van der Waals surface area contributed by atoms with Crippen LogP contribution in [0.2, 0.25) is 0 Å². The van der Waals surface area contributed by atoms with Gasteiger partial charge in [-0.15, -0.1) is 10.2 Å². The second-order valence-corrected chi connectivity index (χ2v) is 3.61. The molecule has 70 valence electrons. The van der Waals surface area contributed by atoms with Gasteiger partial charge in [-0.2, -0.15) is 0 Å². The van der Waals surface area contributed by atoms with E-state index in [-0.39, 0.29) is 0 Å². The Bertz CT molecular complexity index is 304. The van der Waals surface area contributed by atoms with Gasteiger partial charge in [0, 0.05) is 5.92 Å². The first-order valence-corrected chi connectivity index (χ1v) is 4.74. The van der Waals surface area contributed by atoms with Crippen LogP contribution in [0.4, 0.5) is 5.82 Å². The molecule has 1 aromatic rings. The molecule has 4 nitrogen and oxygen atoms in total. The predicted molar refractivity (Wildman–Crippen MR) is 50.2 cm³/mol. The molecule has 2 N–H and O–H groups in total. The van der Waals surface area contributed by atoms with E-state index >= 15 is 0 Å². The summed E-state index contributed by atoms with van der Waals surface area (Å²) < 4.78 is 0. The Hall–Kier alpha value is -1.19. The van der Waals surface area contributed by atoms with Crippen molar-refractivity contribution < 1.29 is 0 Å². The first-order valence-electron chi connectivity index (χ1n) is 4.74. The number of nitrogen functional groups attached to an aromatic ring is 1. The van der Waals surface area contributed by atoms with Crippen LogP contribution in [0.5, 0.6) is 0 Å². The van der Waals surface area contributed by atoms with Gasteiger partial charge in [0.25, 0.3) is 0 Å². The molecule has 1 aliphatic rings. The van der Waals surface area contributed by atoms with E-state index in [0.29, 0.717) is 17.6 Å². The van der Waals surface area contributed by atoms with E-state index in [1.165, 1.54) is 25.7 Å². The highest BCUT2D eigenvalue weighted by molar-refractivity contribution is 5.35. The second-order valence-electron chi connectivity index (χ2n) is 3.61. The minimum Gasteiger partial charge on any atom is -0.382 e. The molecule has 1 aliphatic carbocycles. The summed E-state index contributed by atoms with van der Waals surface area (Å²) in [5.41, 5.74) is 6.69. The topological polar surface area (TPSA) is 64.7 Å². The number of hydrogen-bond donors (Lipinski definition) is 1. The largest absolute Gasteiger partial charge is 0.382 e. The van der Waals surface area contributed by atoms with E-state index in [2.05, 4.69) is 15.2 Å². The van der Waals surface area contributed by atoms with Crippen LogP contribution in [0.3, 0.4) is 0 Å². The third kappa shape index (κ3) is 1.61. The molecule has 0 atom stereocenters. The van der Waals surface area contributed by atoms with E-state index in [9.17, 15) is 0 Å². The number of nitrogens with two attached hydrogens (primary N) is 1. The molecular weight excluding hydrogens is 164 g/mol. The monoisotopic (exact) mass is 178 g/mol. The molecule has 13 heavy (non-hydrogen) atoms. The summed E-state index contributed by atoms with van der Waals surface area (Å²) in [4.78, 5) is 4.12. The number of hydrogen-bond acceptors (Lipinski definition) is 4. The average molecular weight is 178 g/mol. The van der Waals surface area contributed by atoms with Crippen LogP contribution < -0.4 is 5.73 Å². The quantitative estimate of drug-likeness (QED) is 0.706. The molecule has 1 fully saturated rings. The molecule has 0 radical (unpaired) electrons. The molecule has 4 heteroatoms. The van der Waals surface area contributed by atoms with Crippen molar-refractivity contribution in [3.8, 4) is 0 Å². The summed E-state index contributed by atoms with van der Waals surface area (Å²) in [6, 6.07) is 0.